The third-order valence-corrected chi connectivity index (χ3v) is 4.52. The van der Waals surface area contributed by atoms with E-state index in [1.54, 1.807) is 36.4 Å². The van der Waals surface area contributed by atoms with Gasteiger partial charge >= 0.3 is 5.97 Å². The lowest BCUT2D eigenvalue weighted by Crippen LogP contribution is -2.17. The first-order valence-corrected chi connectivity index (χ1v) is 8.16. The molecule has 1 heterocycles. The number of ether oxygens (including phenoxy) is 1. The highest BCUT2D eigenvalue weighted by atomic mass is 16.5. The molecule has 0 spiro atoms. The fraction of sp³-hybridized carbons (Fsp3) is 0.0476. The summed E-state index contributed by atoms with van der Waals surface area (Å²) in [7, 11) is 0. The van der Waals surface area contributed by atoms with Crippen LogP contribution in [0.4, 0.5) is 0 Å². The van der Waals surface area contributed by atoms with Gasteiger partial charge in [-0.15, -0.1) is 0 Å². The zero-order chi connectivity index (χ0) is 19.1. The standard InChI is InChI=1S/C21H14O6/c22-10-16-17(24)8-7-15-19(12-3-1-2-4-13(12)21(25)26)14-6-5-11(23)9-18(14)27-20(15)16/h1-11,23-24H,(H,25,26). The van der Waals surface area contributed by atoms with Crippen LogP contribution in [-0.2, 0) is 0 Å². The van der Waals surface area contributed by atoms with Crippen molar-refractivity contribution >= 4 is 17.8 Å². The zero-order valence-corrected chi connectivity index (χ0v) is 13.9. The number of carboxylic acids is 1. The molecular weight excluding hydrogens is 348 g/mol. The lowest BCUT2D eigenvalue weighted by molar-refractivity contribution is 0.0696. The normalized spacial score (nSPS) is 17.5. The Bertz CT molecular complexity index is 1070. The average Bonchev–Trinajstić information content (AvgIpc) is 2.66. The van der Waals surface area contributed by atoms with Gasteiger partial charge in [-0.2, -0.15) is 0 Å². The number of hydrogen-bond donors (Lipinski definition) is 3. The summed E-state index contributed by atoms with van der Waals surface area (Å²) in [6, 6.07) is 9.46. The Morgan fingerprint density at radius 1 is 1.11 bits per heavy atom. The van der Waals surface area contributed by atoms with Crippen LogP contribution in [0.2, 0.25) is 0 Å². The lowest BCUT2D eigenvalue weighted by atomic mass is 9.84. The monoisotopic (exact) mass is 362 g/mol. The van der Waals surface area contributed by atoms with E-state index in [1.165, 1.54) is 18.2 Å². The van der Waals surface area contributed by atoms with Crippen LogP contribution >= 0.6 is 0 Å². The number of fused-ring (bicyclic) bond motifs is 2. The Morgan fingerprint density at radius 3 is 2.63 bits per heavy atom. The van der Waals surface area contributed by atoms with Crippen molar-refractivity contribution in [2.24, 2.45) is 0 Å². The van der Waals surface area contributed by atoms with Gasteiger partial charge in [0.05, 0.1) is 17.2 Å². The molecule has 0 radical (unpaired) electrons. The summed E-state index contributed by atoms with van der Waals surface area (Å²) in [5.74, 6) is -0.920. The summed E-state index contributed by atoms with van der Waals surface area (Å²) in [6.45, 7) is 0. The fourth-order valence-electron chi connectivity index (χ4n) is 3.32. The Hall–Kier alpha value is -3.64. The molecule has 0 saturated heterocycles. The number of phenols is 1. The highest BCUT2D eigenvalue weighted by Gasteiger charge is 2.31. The van der Waals surface area contributed by atoms with Gasteiger partial charge in [0.1, 0.15) is 17.3 Å². The lowest BCUT2D eigenvalue weighted by Gasteiger charge is -2.28. The van der Waals surface area contributed by atoms with Crippen molar-refractivity contribution in [1.29, 1.82) is 0 Å². The molecule has 6 heteroatoms. The first kappa shape index (κ1) is 16.8. The van der Waals surface area contributed by atoms with Crippen LogP contribution in [0.3, 0.4) is 0 Å². The van der Waals surface area contributed by atoms with Crippen LogP contribution in [0.15, 0.2) is 66.0 Å². The molecule has 1 unspecified atom stereocenters. The highest BCUT2D eigenvalue weighted by Crippen LogP contribution is 2.46. The smallest absolute Gasteiger partial charge is 0.336 e. The Kier molecular flexibility index (Phi) is 3.90. The van der Waals surface area contributed by atoms with Crippen molar-refractivity contribution in [1.82, 2.24) is 0 Å². The molecule has 2 aliphatic rings. The molecule has 2 aromatic carbocycles. The predicted octanol–water partition coefficient (Wildman–Crippen LogP) is 2.91. The summed E-state index contributed by atoms with van der Waals surface area (Å²) >= 11 is 0. The molecule has 1 aliphatic carbocycles. The molecule has 4 rings (SSSR count). The Morgan fingerprint density at radius 2 is 1.89 bits per heavy atom. The van der Waals surface area contributed by atoms with E-state index in [2.05, 4.69) is 0 Å². The van der Waals surface area contributed by atoms with Gasteiger partial charge in [0.15, 0.2) is 6.29 Å². The minimum Gasteiger partial charge on any atom is -0.507 e. The molecule has 134 valence electrons. The maximum Gasteiger partial charge on any atom is 0.336 e. The van der Waals surface area contributed by atoms with Gasteiger partial charge in [-0.05, 0) is 29.8 Å². The summed E-state index contributed by atoms with van der Waals surface area (Å²) in [6.07, 6.45) is 4.27. The number of rotatable bonds is 3. The molecule has 0 aromatic heterocycles. The quantitative estimate of drug-likeness (QED) is 0.726. The second-order valence-corrected chi connectivity index (χ2v) is 6.11. The van der Waals surface area contributed by atoms with Crippen molar-refractivity contribution in [3.63, 3.8) is 0 Å². The van der Waals surface area contributed by atoms with Crippen LogP contribution in [0, 0.1) is 0 Å². The van der Waals surface area contributed by atoms with Crippen LogP contribution < -0.4 is 4.74 Å². The summed E-state index contributed by atoms with van der Waals surface area (Å²) < 4.78 is 5.81. The minimum atomic E-state index is -1.09. The number of aldehydes is 1. The number of carbonyl (C=O) groups excluding carboxylic acids is 1. The molecule has 2 aromatic rings. The second kappa shape index (κ2) is 6.26. The largest absolute Gasteiger partial charge is 0.507 e. The summed E-state index contributed by atoms with van der Waals surface area (Å²) in [4.78, 5) is 23.3. The highest BCUT2D eigenvalue weighted by molar-refractivity contribution is 6.02. The molecule has 6 nitrogen and oxygen atoms in total. The minimum absolute atomic E-state index is 0.0400. The number of carboxylic acid groups (broad SMARTS) is 1. The van der Waals surface area contributed by atoms with Gasteiger partial charge in [0, 0.05) is 16.7 Å². The first-order valence-electron chi connectivity index (χ1n) is 8.16. The Labute approximate surface area is 154 Å². The number of hydrogen-bond acceptors (Lipinski definition) is 5. The van der Waals surface area contributed by atoms with Gasteiger partial charge in [0.25, 0.3) is 0 Å². The summed E-state index contributed by atoms with van der Waals surface area (Å²) in [5.41, 5.74) is 2.11. The number of aromatic carboxylic acids is 1. The molecule has 0 fully saturated rings. The molecular formula is C21H14O6. The van der Waals surface area contributed by atoms with Gasteiger partial charge in [-0.25, -0.2) is 4.79 Å². The van der Waals surface area contributed by atoms with Crippen molar-refractivity contribution in [2.75, 3.05) is 0 Å². The van der Waals surface area contributed by atoms with E-state index in [0.29, 0.717) is 34.3 Å². The molecule has 0 saturated carbocycles. The van der Waals surface area contributed by atoms with E-state index in [0.717, 1.165) is 0 Å². The molecule has 27 heavy (non-hydrogen) atoms. The maximum atomic E-state index is 11.7. The number of carbonyl (C=O) groups is 2. The third-order valence-electron chi connectivity index (χ3n) is 4.52. The Balaban J connectivity index is 2.10. The van der Waals surface area contributed by atoms with Crippen molar-refractivity contribution in [2.45, 2.75) is 6.10 Å². The van der Waals surface area contributed by atoms with Crippen molar-refractivity contribution in [3.8, 4) is 11.5 Å². The molecule has 0 amide bonds. The van der Waals surface area contributed by atoms with Crippen molar-refractivity contribution in [3.05, 3.63) is 88.2 Å². The van der Waals surface area contributed by atoms with Crippen LogP contribution in [0.5, 0.6) is 11.5 Å². The van der Waals surface area contributed by atoms with E-state index >= 15 is 0 Å². The van der Waals surface area contributed by atoms with E-state index in [9.17, 15) is 24.9 Å². The third kappa shape index (κ3) is 2.63. The first-order chi connectivity index (χ1) is 13.0. The maximum absolute atomic E-state index is 11.7. The number of aliphatic hydroxyl groups excluding tert-OH is 1. The number of aromatic hydroxyl groups is 1. The van der Waals surface area contributed by atoms with E-state index < -0.39 is 12.1 Å². The summed E-state index contributed by atoms with van der Waals surface area (Å²) in [5, 5.41) is 29.5. The number of benzene rings is 2. The number of aliphatic hydroxyl groups is 1. The van der Waals surface area contributed by atoms with E-state index in [-0.39, 0.29) is 22.6 Å². The van der Waals surface area contributed by atoms with Gasteiger partial charge < -0.3 is 20.1 Å². The molecule has 1 atom stereocenters. The predicted molar refractivity (Wildman–Crippen MR) is 96.8 cm³/mol. The average molecular weight is 362 g/mol. The van der Waals surface area contributed by atoms with Gasteiger partial charge in [-0.3, -0.25) is 4.79 Å². The van der Waals surface area contributed by atoms with Gasteiger partial charge in [0.2, 0.25) is 0 Å². The van der Waals surface area contributed by atoms with E-state index in [4.69, 9.17) is 4.74 Å². The molecule has 1 aliphatic heterocycles. The van der Waals surface area contributed by atoms with Crippen LogP contribution in [0.1, 0.15) is 31.8 Å². The second-order valence-electron chi connectivity index (χ2n) is 6.11. The number of phenolic OH excluding ortho intramolecular Hbond substituents is 1. The topological polar surface area (TPSA) is 104 Å². The number of allylic oxidation sites excluding steroid dienone is 1. The van der Waals surface area contributed by atoms with Crippen molar-refractivity contribution < 1.29 is 29.6 Å². The zero-order valence-electron chi connectivity index (χ0n) is 13.9. The van der Waals surface area contributed by atoms with Gasteiger partial charge in [-0.1, -0.05) is 30.4 Å². The van der Waals surface area contributed by atoms with Crippen LogP contribution in [-0.4, -0.2) is 33.7 Å². The SMILES string of the molecule is O=Cc1c(O)ccc2c1OC1=CC(O)C=CC1=C2c1ccccc1C(=O)O. The molecule has 3 N–H and O–H groups in total. The van der Waals surface area contributed by atoms with Crippen LogP contribution in [0.25, 0.3) is 5.57 Å². The molecule has 0 bridgehead atoms. The fourth-order valence-corrected chi connectivity index (χ4v) is 3.32. The van der Waals surface area contributed by atoms with E-state index in [1.807, 2.05) is 0 Å².